The van der Waals surface area contributed by atoms with E-state index in [9.17, 15) is 0 Å². The van der Waals surface area contributed by atoms with Gasteiger partial charge in [-0.25, -0.2) is 0 Å². The summed E-state index contributed by atoms with van der Waals surface area (Å²) in [5.74, 6) is 1.38. The monoisotopic (exact) mass is 498 g/mol. The van der Waals surface area contributed by atoms with Gasteiger partial charge in [0.1, 0.15) is 0 Å². The molecule has 1 aliphatic heterocycles. The van der Waals surface area contributed by atoms with Gasteiger partial charge in [0.2, 0.25) is 0 Å². The molecule has 0 fully saturated rings. The molecule has 36 heavy (non-hydrogen) atoms. The molecule has 0 saturated heterocycles. The Balaban J connectivity index is 1.72. The van der Waals surface area contributed by atoms with Gasteiger partial charge in [-0.15, -0.1) is 15.3 Å². The van der Waals surface area contributed by atoms with Crippen LogP contribution in [0.2, 0.25) is 5.02 Å². The molecule has 4 heterocycles. The van der Waals surface area contributed by atoms with Crippen LogP contribution >= 0.6 is 11.6 Å². The fourth-order valence-corrected chi connectivity index (χ4v) is 4.79. The predicted octanol–water partition coefficient (Wildman–Crippen LogP) is 5.83. The van der Waals surface area contributed by atoms with Gasteiger partial charge in [0, 0.05) is 22.5 Å². The van der Waals surface area contributed by atoms with E-state index in [4.69, 9.17) is 22.1 Å². The van der Waals surface area contributed by atoms with E-state index in [2.05, 4.69) is 38.9 Å². The van der Waals surface area contributed by atoms with Crippen LogP contribution in [0.3, 0.4) is 0 Å². The third-order valence-corrected chi connectivity index (χ3v) is 6.65. The van der Waals surface area contributed by atoms with Crippen LogP contribution in [0.25, 0.3) is 5.65 Å². The molecule has 0 spiro atoms. The number of rotatable bonds is 6. The van der Waals surface area contributed by atoms with Crippen molar-refractivity contribution in [1.29, 1.82) is 5.41 Å². The summed E-state index contributed by atoms with van der Waals surface area (Å²) in [6.45, 7) is 12.2. The molecule has 1 unspecified atom stereocenters. The van der Waals surface area contributed by atoms with Crippen LogP contribution in [0.15, 0.2) is 72.2 Å². The van der Waals surface area contributed by atoms with Gasteiger partial charge in [0.15, 0.2) is 17.3 Å². The third kappa shape index (κ3) is 3.93. The zero-order chi connectivity index (χ0) is 25.6. The molecule has 1 aromatic carbocycles. The number of hydrogen-bond acceptors (Lipinski definition) is 7. The van der Waals surface area contributed by atoms with Crippen LogP contribution in [0, 0.1) is 19.3 Å². The number of nitrogens with one attached hydrogen (secondary N) is 2. The second-order valence-electron chi connectivity index (χ2n) is 8.83. The maximum absolute atomic E-state index is 8.78. The Morgan fingerprint density at radius 1 is 1.17 bits per heavy atom. The van der Waals surface area contributed by atoms with Crippen LogP contribution in [0.4, 0.5) is 11.5 Å². The fourth-order valence-electron chi connectivity index (χ4n) is 4.66. The average molecular weight is 499 g/mol. The van der Waals surface area contributed by atoms with Gasteiger partial charge in [0.05, 0.1) is 28.8 Å². The summed E-state index contributed by atoms with van der Waals surface area (Å²) < 4.78 is 1.75. The van der Waals surface area contributed by atoms with Crippen LogP contribution in [0.5, 0.6) is 0 Å². The molecule has 2 N–H and O–H groups in total. The third-order valence-electron chi connectivity index (χ3n) is 6.40. The number of nitrogens with zero attached hydrogens (tertiary/aromatic N) is 6. The highest BCUT2D eigenvalue weighted by Gasteiger charge is 2.39. The van der Waals surface area contributed by atoms with Crippen LogP contribution in [-0.4, -0.2) is 30.5 Å². The van der Waals surface area contributed by atoms with Gasteiger partial charge in [-0.1, -0.05) is 37.2 Å². The second kappa shape index (κ2) is 9.20. The van der Waals surface area contributed by atoms with E-state index >= 15 is 0 Å². The van der Waals surface area contributed by atoms with Crippen molar-refractivity contribution in [3.8, 4) is 0 Å². The topological polar surface area (TPSA) is 95.1 Å². The Bertz CT molecular complexity index is 1530. The number of pyridine rings is 1. The zero-order valence-corrected chi connectivity index (χ0v) is 21.4. The van der Waals surface area contributed by atoms with Gasteiger partial charge in [-0.2, -0.15) is 4.52 Å². The summed E-state index contributed by atoms with van der Waals surface area (Å²) in [7, 11) is 0. The van der Waals surface area contributed by atoms with E-state index < -0.39 is 0 Å². The molecule has 9 heteroatoms. The maximum Gasteiger partial charge on any atom is 0.180 e. The van der Waals surface area contributed by atoms with E-state index in [1.165, 1.54) is 0 Å². The average Bonchev–Trinajstić information content (AvgIpc) is 3.37. The van der Waals surface area contributed by atoms with Gasteiger partial charge in [-0.3, -0.25) is 4.98 Å². The molecule has 0 radical (unpaired) electrons. The largest absolute Gasteiger partial charge is 0.352 e. The molecule has 4 aromatic rings. The van der Waals surface area contributed by atoms with Gasteiger partial charge >= 0.3 is 0 Å². The first kappa shape index (κ1) is 23.7. The number of fused-ring (bicyclic) bond motifs is 1. The Morgan fingerprint density at radius 2 is 1.92 bits per heavy atom. The van der Waals surface area contributed by atoms with Crippen molar-refractivity contribution in [2.45, 2.75) is 40.2 Å². The minimum Gasteiger partial charge on any atom is -0.352 e. The molecule has 0 saturated carbocycles. The van der Waals surface area contributed by atoms with Gasteiger partial charge in [-0.05, 0) is 68.7 Å². The quantitative estimate of drug-likeness (QED) is 0.324. The molecule has 1 aliphatic rings. The van der Waals surface area contributed by atoms with Crippen molar-refractivity contribution in [2.24, 2.45) is 0 Å². The number of hydrogen-bond donors (Lipinski definition) is 2. The Labute approximate surface area is 214 Å². The van der Waals surface area contributed by atoms with Crippen molar-refractivity contribution in [3.63, 3.8) is 0 Å². The smallest absolute Gasteiger partial charge is 0.180 e. The highest BCUT2D eigenvalue weighted by atomic mass is 35.5. The Morgan fingerprint density at radius 3 is 2.61 bits per heavy atom. The van der Waals surface area contributed by atoms with E-state index in [1.54, 1.807) is 17.6 Å². The van der Waals surface area contributed by atoms with E-state index in [0.29, 0.717) is 33.7 Å². The molecular weight excluding hydrogens is 472 g/mol. The van der Waals surface area contributed by atoms with Crippen molar-refractivity contribution < 1.29 is 0 Å². The van der Waals surface area contributed by atoms with Crippen molar-refractivity contribution in [2.75, 3.05) is 10.2 Å². The first-order valence-electron chi connectivity index (χ1n) is 11.7. The highest BCUT2D eigenvalue weighted by Crippen LogP contribution is 2.46. The molecule has 8 nitrogen and oxygen atoms in total. The number of benzene rings is 1. The molecule has 0 amide bonds. The second-order valence-corrected chi connectivity index (χ2v) is 9.27. The maximum atomic E-state index is 8.78. The summed E-state index contributed by atoms with van der Waals surface area (Å²) in [6, 6.07) is 13.2. The Hall–Kier alpha value is -4.04. The molecule has 3 aromatic heterocycles. The SMILES string of the molecule is C=C1C(Nc2cccnc2CC)=C(C(C)=N)C(c2ccc(Cl)cc2)N1c1cc(C)c2nnc(C)n2n1. The predicted molar refractivity (Wildman–Crippen MR) is 144 cm³/mol. The van der Waals surface area contributed by atoms with Gasteiger partial charge in [0.25, 0.3) is 0 Å². The number of aromatic nitrogens is 5. The van der Waals surface area contributed by atoms with Crippen molar-refractivity contribution >= 4 is 34.5 Å². The first-order chi connectivity index (χ1) is 17.3. The van der Waals surface area contributed by atoms with Crippen molar-refractivity contribution in [3.05, 3.63) is 99.9 Å². The summed E-state index contributed by atoms with van der Waals surface area (Å²) in [5.41, 5.74) is 7.18. The highest BCUT2D eigenvalue weighted by molar-refractivity contribution is 6.30. The van der Waals surface area contributed by atoms with Gasteiger partial charge < -0.3 is 15.6 Å². The minimum atomic E-state index is -0.336. The minimum absolute atomic E-state index is 0.336. The molecule has 0 aliphatic carbocycles. The number of halogens is 1. The fraction of sp³-hybridized carbons (Fsp3) is 0.222. The lowest BCUT2D eigenvalue weighted by Gasteiger charge is -2.29. The normalized spacial score (nSPS) is 15.8. The molecule has 182 valence electrons. The summed E-state index contributed by atoms with van der Waals surface area (Å²) >= 11 is 6.23. The lowest BCUT2D eigenvalue weighted by molar-refractivity contribution is 0.781. The van der Waals surface area contributed by atoms with E-state index in [-0.39, 0.29) is 6.04 Å². The summed E-state index contributed by atoms with van der Waals surface area (Å²) in [5, 5.41) is 26.3. The number of aryl methyl sites for hydroxylation is 3. The van der Waals surface area contributed by atoms with Crippen molar-refractivity contribution in [1.82, 2.24) is 24.8 Å². The number of anilines is 2. The molecule has 1 atom stereocenters. The standard InChI is InChI=1S/C27H27ClN8/c1-6-21-22(8-7-13-30-21)31-25-17(4)35(23-14-15(2)27-33-32-18(5)36(27)34-23)26(24(25)16(3)29)19-9-11-20(28)12-10-19/h7-14,26,29,31H,4,6H2,1-3,5H3. The lowest BCUT2D eigenvalue weighted by atomic mass is 9.96. The van der Waals surface area contributed by atoms with E-state index in [0.717, 1.165) is 40.2 Å². The lowest BCUT2D eigenvalue weighted by Crippen LogP contribution is -2.26. The Kier molecular flexibility index (Phi) is 6.05. The zero-order valence-electron chi connectivity index (χ0n) is 20.7. The first-order valence-corrected chi connectivity index (χ1v) is 12.1. The summed E-state index contributed by atoms with van der Waals surface area (Å²) in [6.07, 6.45) is 2.56. The molecule has 0 bridgehead atoms. The van der Waals surface area contributed by atoms with Crippen LogP contribution in [-0.2, 0) is 6.42 Å². The molecule has 5 rings (SSSR count). The molecular formula is C27H27ClN8. The van der Waals surface area contributed by atoms with Crippen LogP contribution in [0.1, 0.15) is 42.5 Å². The summed E-state index contributed by atoms with van der Waals surface area (Å²) in [4.78, 5) is 6.58. The van der Waals surface area contributed by atoms with E-state index in [1.807, 2.05) is 56.3 Å². The van der Waals surface area contributed by atoms with Crippen LogP contribution < -0.4 is 10.2 Å².